The van der Waals surface area contributed by atoms with Crippen molar-refractivity contribution in [2.45, 2.75) is 26.7 Å². The maximum Gasteiger partial charge on any atom is 0.253 e. The summed E-state index contributed by atoms with van der Waals surface area (Å²) < 4.78 is 14.0. The Balaban J connectivity index is 1.66. The van der Waals surface area contributed by atoms with Gasteiger partial charge in [-0.15, -0.1) is 0 Å². The molecule has 1 fully saturated rings. The van der Waals surface area contributed by atoms with Crippen molar-refractivity contribution in [1.29, 1.82) is 0 Å². The normalized spacial score (nSPS) is 17.0. The molecule has 136 valence electrons. The van der Waals surface area contributed by atoms with Gasteiger partial charge < -0.3 is 10.2 Å². The molecule has 1 aliphatic heterocycles. The average molecular weight is 354 g/mol. The van der Waals surface area contributed by atoms with Crippen LogP contribution in [0.15, 0.2) is 42.5 Å². The topological polar surface area (TPSA) is 49.4 Å². The zero-order valence-corrected chi connectivity index (χ0v) is 15.1. The van der Waals surface area contributed by atoms with Crippen LogP contribution in [0.25, 0.3) is 0 Å². The van der Waals surface area contributed by atoms with Crippen LogP contribution in [-0.4, -0.2) is 29.8 Å². The highest BCUT2D eigenvalue weighted by Gasteiger charge is 2.29. The number of nitrogens with zero attached hydrogens (tertiary/aromatic N) is 1. The minimum absolute atomic E-state index is 0.0657. The number of hydrogen-bond donors (Lipinski definition) is 1. The van der Waals surface area contributed by atoms with E-state index in [0.717, 1.165) is 17.5 Å². The summed E-state index contributed by atoms with van der Waals surface area (Å²) in [5, 5.41) is 2.66. The minimum atomic E-state index is -0.443. The van der Waals surface area contributed by atoms with Gasteiger partial charge in [0.25, 0.3) is 5.91 Å². The van der Waals surface area contributed by atoms with Crippen molar-refractivity contribution in [3.8, 4) is 0 Å². The lowest BCUT2D eigenvalue weighted by molar-refractivity contribution is -0.121. The number of hydrogen-bond acceptors (Lipinski definition) is 2. The molecule has 2 amide bonds. The Morgan fingerprint density at radius 2 is 1.77 bits per heavy atom. The fourth-order valence-electron chi connectivity index (χ4n) is 3.21. The molecule has 1 aliphatic rings. The number of anilines is 1. The predicted molar refractivity (Wildman–Crippen MR) is 99.6 cm³/mol. The largest absolute Gasteiger partial charge is 0.338 e. The van der Waals surface area contributed by atoms with Crippen molar-refractivity contribution >= 4 is 17.5 Å². The predicted octanol–water partition coefficient (Wildman–Crippen LogP) is 3.93. The molecule has 0 saturated carbocycles. The molecule has 1 N–H and O–H groups in total. The number of benzene rings is 2. The van der Waals surface area contributed by atoms with Gasteiger partial charge in [-0.2, -0.15) is 0 Å². The van der Waals surface area contributed by atoms with E-state index in [1.807, 2.05) is 31.2 Å². The van der Waals surface area contributed by atoms with Crippen LogP contribution in [0.2, 0.25) is 0 Å². The van der Waals surface area contributed by atoms with E-state index in [-0.39, 0.29) is 23.4 Å². The molecule has 0 aromatic heterocycles. The second kappa shape index (κ2) is 7.68. The van der Waals surface area contributed by atoms with E-state index in [4.69, 9.17) is 0 Å². The number of carbonyl (C=O) groups excluding carboxylic acids is 2. The number of rotatable bonds is 3. The fraction of sp³-hybridized carbons (Fsp3) is 0.333. The zero-order chi connectivity index (χ0) is 18.7. The number of likely N-dealkylation sites (tertiary alicyclic amines) is 1. The molecule has 1 saturated heterocycles. The van der Waals surface area contributed by atoms with Crippen LogP contribution in [0.4, 0.5) is 10.1 Å². The molecule has 0 spiro atoms. The van der Waals surface area contributed by atoms with Gasteiger partial charge >= 0.3 is 0 Å². The van der Waals surface area contributed by atoms with Gasteiger partial charge in [-0.3, -0.25) is 9.59 Å². The van der Waals surface area contributed by atoms with Gasteiger partial charge in [0.1, 0.15) is 5.82 Å². The second-order valence-corrected chi connectivity index (χ2v) is 6.93. The molecular weight excluding hydrogens is 331 g/mol. The van der Waals surface area contributed by atoms with Gasteiger partial charge in [0.05, 0.1) is 11.6 Å². The number of piperidine rings is 1. The van der Waals surface area contributed by atoms with E-state index in [1.165, 1.54) is 6.07 Å². The number of carbonyl (C=O) groups is 2. The number of aryl methyl sites for hydroxylation is 2. The standard InChI is InChI=1S/C21H23FN2O2/c1-14-5-8-16(9-6-14)21(26)24-11-3-4-17(13-24)20(25)23-19-10-7-15(2)12-18(19)22/h5-10,12,17H,3-4,11,13H2,1-2H3,(H,23,25). The number of nitrogens with one attached hydrogen (secondary N) is 1. The highest BCUT2D eigenvalue weighted by molar-refractivity contribution is 5.96. The van der Waals surface area contributed by atoms with Crippen LogP contribution in [0.5, 0.6) is 0 Å². The van der Waals surface area contributed by atoms with Crippen molar-refractivity contribution in [2.75, 3.05) is 18.4 Å². The molecule has 3 rings (SSSR count). The summed E-state index contributed by atoms with van der Waals surface area (Å²) in [6.07, 6.45) is 1.45. The summed E-state index contributed by atoms with van der Waals surface area (Å²) >= 11 is 0. The van der Waals surface area contributed by atoms with E-state index < -0.39 is 5.82 Å². The highest BCUT2D eigenvalue weighted by atomic mass is 19.1. The second-order valence-electron chi connectivity index (χ2n) is 6.93. The van der Waals surface area contributed by atoms with Crippen molar-refractivity contribution in [1.82, 2.24) is 4.90 Å². The molecule has 1 atom stereocenters. The van der Waals surface area contributed by atoms with Gasteiger partial charge in [-0.1, -0.05) is 23.8 Å². The van der Waals surface area contributed by atoms with Crippen LogP contribution in [0.1, 0.15) is 34.3 Å². The molecule has 2 aromatic carbocycles. The Morgan fingerprint density at radius 3 is 2.46 bits per heavy atom. The van der Waals surface area contributed by atoms with Crippen molar-refractivity contribution in [2.24, 2.45) is 5.92 Å². The lowest BCUT2D eigenvalue weighted by Crippen LogP contribution is -2.43. The lowest BCUT2D eigenvalue weighted by Gasteiger charge is -2.32. The Labute approximate surface area is 153 Å². The molecule has 5 heteroatoms. The van der Waals surface area contributed by atoms with Gasteiger partial charge in [0.15, 0.2) is 0 Å². The fourth-order valence-corrected chi connectivity index (χ4v) is 3.21. The monoisotopic (exact) mass is 354 g/mol. The maximum atomic E-state index is 14.0. The van der Waals surface area contributed by atoms with Crippen LogP contribution < -0.4 is 5.32 Å². The van der Waals surface area contributed by atoms with Crippen molar-refractivity contribution < 1.29 is 14.0 Å². The third-order valence-corrected chi connectivity index (χ3v) is 4.76. The van der Waals surface area contributed by atoms with E-state index in [1.54, 1.807) is 24.0 Å². The molecule has 0 aliphatic carbocycles. The summed E-state index contributed by atoms with van der Waals surface area (Å²) in [6, 6.07) is 12.1. The molecule has 4 nitrogen and oxygen atoms in total. The summed E-state index contributed by atoms with van der Waals surface area (Å²) in [5.41, 5.74) is 2.70. The first-order valence-corrected chi connectivity index (χ1v) is 8.87. The van der Waals surface area contributed by atoms with Crippen LogP contribution in [0, 0.1) is 25.6 Å². The van der Waals surface area contributed by atoms with E-state index >= 15 is 0 Å². The Bertz CT molecular complexity index is 817. The first kappa shape index (κ1) is 18.1. The molecule has 26 heavy (non-hydrogen) atoms. The van der Waals surface area contributed by atoms with E-state index in [0.29, 0.717) is 25.1 Å². The Morgan fingerprint density at radius 1 is 1.08 bits per heavy atom. The van der Waals surface area contributed by atoms with Crippen LogP contribution in [-0.2, 0) is 4.79 Å². The first-order valence-electron chi connectivity index (χ1n) is 8.87. The molecule has 1 unspecified atom stereocenters. The quantitative estimate of drug-likeness (QED) is 0.908. The summed E-state index contributed by atoms with van der Waals surface area (Å²) in [4.78, 5) is 26.9. The third-order valence-electron chi connectivity index (χ3n) is 4.76. The average Bonchev–Trinajstić information content (AvgIpc) is 2.64. The molecule has 0 bridgehead atoms. The number of amides is 2. The Kier molecular flexibility index (Phi) is 5.35. The maximum absolute atomic E-state index is 14.0. The zero-order valence-electron chi connectivity index (χ0n) is 15.1. The SMILES string of the molecule is Cc1ccc(C(=O)N2CCCC(C(=O)Nc3ccc(C)cc3F)C2)cc1. The minimum Gasteiger partial charge on any atom is -0.338 e. The van der Waals surface area contributed by atoms with E-state index in [9.17, 15) is 14.0 Å². The van der Waals surface area contributed by atoms with Crippen molar-refractivity contribution in [3.05, 3.63) is 65.0 Å². The lowest BCUT2D eigenvalue weighted by atomic mass is 9.96. The van der Waals surface area contributed by atoms with Crippen molar-refractivity contribution in [3.63, 3.8) is 0 Å². The molecular formula is C21H23FN2O2. The van der Waals surface area contributed by atoms with Gasteiger partial charge in [-0.25, -0.2) is 4.39 Å². The van der Waals surface area contributed by atoms with Crippen LogP contribution >= 0.6 is 0 Å². The van der Waals surface area contributed by atoms with Gasteiger partial charge in [0, 0.05) is 18.7 Å². The van der Waals surface area contributed by atoms with Crippen LogP contribution in [0.3, 0.4) is 0 Å². The first-order chi connectivity index (χ1) is 12.4. The number of halogens is 1. The molecule has 0 radical (unpaired) electrons. The molecule has 2 aromatic rings. The van der Waals surface area contributed by atoms with Gasteiger partial charge in [-0.05, 0) is 56.5 Å². The van der Waals surface area contributed by atoms with E-state index in [2.05, 4.69) is 5.32 Å². The summed E-state index contributed by atoms with van der Waals surface area (Å²) in [7, 11) is 0. The van der Waals surface area contributed by atoms with Gasteiger partial charge in [0.2, 0.25) is 5.91 Å². The Hall–Kier alpha value is -2.69. The molecule has 1 heterocycles. The smallest absolute Gasteiger partial charge is 0.253 e. The third kappa shape index (κ3) is 4.10. The summed E-state index contributed by atoms with van der Waals surface area (Å²) in [6.45, 7) is 4.76. The summed E-state index contributed by atoms with van der Waals surface area (Å²) in [5.74, 6) is -1.08. The highest BCUT2D eigenvalue weighted by Crippen LogP contribution is 2.22.